The first-order valence-electron chi connectivity index (χ1n) is 12.8. The van der Waals surface area contributed by atoms with E-state index in [9.17, 15) is 9.59 Å². The Bertz CT molecular complexity index is 1140. The fourth-order valence-corrected chi connectivity index (χ4v) is 4.45. The van der Waals surface area contributed by atoms with E-state index in [0.29, 0.717) is 43.7 Å². The number of carboxylic acids is 1. The number of rotatable bonds is 12. The number of unbranched alkanes of at least 4 members (excludes halogenated alkanes) is 2. The Labute approximate surface area is 207 Å². The number of hydrogen-bond donors (Lipinski definition) is 1. The molecule has 1 fully saturated rings. The van der Waals surface area contributed by atoms with Crippen molar-refractivity contribution in [3.8, 4) is 16.9 Å². The van der Waals surface area contributed by atoms with Crippen LogP contribution in [-0.4, -0.2) is 34.5 Å². The quantitative estimate of drug-likeness (QED) is 0.300. The highest BCUT2D eigenvalue weighted by atomic mass is 16.5. The zero-order valence-corrected chi connectivity index (χ0v) is 19.9. The van der Waals surface area contributed by atoms with Crippen molar-refractivity contribution in [3.05, 3.63) is 78.3 Å². The molecular weight excluding hydrogens is 442 g/mol. The number of amides is 1. The van der Waals surface area contributed by atoms with Gasteiger partial charge in [-0.3, -0.25) is 9.59 Å². The molecule has 0 bridgehead atoms. The van der Waals surface area contributed by atoms with Crippen LogP contribution in [0.2, 0.25) is 0 Å². The number of para-hydroxylation sites is 1. The molecule has 1 aliphatic carbocycles. The first-order chi connectivity index (χ1) is 17.5. The van der Waals surface area contributed by atoms with E-state index in [-0.39, 0.29) is 12.3 Å². The highest BCUT2D eigenvalue weighted by Crippen LogP contribution is 2.30. The van der Waals surface area contributed by atoms with Crippen molar-refractivity contribution in [2.24, 2.45) is 0 Å². The van der Waals surface area contributed by atoms with E-state index >= 15 is 0 Å². The van der Waals surface area contributed by atoms with E-state index in [2.05, 4.69) is 0 Å². The molecule has 0 unspecified atom stereocenters. The van der Waals surface area contributed by atoms with Crippen LogP contribution < -0.4 is 4.74 Å². The summed E-state index contributed by atoms with van der Waals surface area (Å²) >= 11 is 0. The number of ether oxygens (including phenoxy) is 1. The zero-order valence-electron chi connectivity index (χ0n) is 20.9. The van der Waals surface area contributed by atoms with Gasteiger partial charge in [0.05, 0.1) is 20.5 Å². The van der Waals surface area contributed by atoms with Gasteiger partial charge < -0.3 is 19.2 Å². The largest absolute Gasteiger partial charge is 0.493 e. The third kappa shape index (κ3) is 6.75. The van der Waals surface area contributed by atoms with Crippen LogP contribution in [0.25, 0.3) is 11.1 Å². The topological polar surface area (TPSA) is 80.0 Å². The van der Waals surface area contributed by atoms with Gasteiger partial charge in [0.1, 0.15) is 5.75 Å². The van der Waals surface area contributed by atoms with Crippen LogP contribution in [0.3, 0.4) is 0 Å². The summed E-state index contributed by atoms with van der Waals surface area (Å²) in [4.78, 5) is 26.1. The van der Waals surface area contributed by atoms with E-state index in [1.165, 1.54) is 0 Å². The molecule has 1 amide bonds. The van der Waals surface area contributed by atoms with Gasteiger partial charge in [-0.1, -0.05) is 43.2 Å². The average molecular weight is 477 g/mol. The Morgan fingerprint density at radius 2 is 1.77 bits per heavy atom. The molecule has 4 rings (SSSR count). The van der Waals surface area contributed by atoms with Gasteiger partial charge >= 0.3 is 5.97 Å². The monoisotopic (exact) mass is 476 g/mol. The van der Waals surface area contributed by atoms with E-state index in [0.717, 1.165) is 42.4 Å². The molecule has 6 heteroatoms. The summed E-state index contributed by atoms with van der Waals surface area (Å²) < 4.78 is 20.3. The third-order valence-electron chi connectivity index (χ3n) is 6.39. The van der Waals surface area contributed by atoms with E-state index in [1.807, 2.05) is 54.6 Å². The second-order valence-corrected chi connectivity index (χ2v) is 8.91. The molecule has 184 valence electrons. The molecule has 1 N–H and O–H groups in total. The van der Waals surface area contributed by atoms with Gasteiger partial charge in [0.15, 0.2) is 0 Å². The van der Waals surface area contributed by atoms with Crippen molar-refractivity contribution in [2.45, 2.75) is 63.9 Å². The van der Waals surface area contributed by atoms with E-state index < -0.39 is 12.0 Å². The average Bonchev–Trinajstić information content (AvgIpc) is 3.58. The lowest BCUT2D eigenvalue weighted by Gasteiger charge is -2.30. The summed E-state index contributed by atoms with van der Waals surface area (Å²) in [6.07, 6.45) is 8.80. The smallest absolute Gasteiger partial charge is 0.303 e. The fourth-order valence-electron chi connectivity index (χ4n) is 4.45. The third-order valence-corrected chi connectivity index (χ3v) is 6.39. The van der Waals surface area contributed by atoms with E-state index in [1.54, 1.807) is 17.4 Å². The maximum absolute atomic E-state index is 13.7. The Morgan fingerprint density at radius 3 is 2.49 bits per heavy atom. The molecule has 0 saturated heterocycles. The molecule has 35 heavy (non-hydrogen) atoms. The van der Waals surface area contributed by atoms with Crippen molar-refractivity contribution < 1.29 is 25.2 Å². The summed E-state index contributed by atoms with van der Waals surface area (Å²) in [5.74, 6) is -0.238. The maximum Gasteiger partial charge on any atom is 0.303 e. The van der Waals surface area contributed by atoms with Gasteiger partial charge in [0.2, 0.25) is 0 Å². The van der Waals surface area contributed by atoms with E-state index in [4.69, 9.17) is 15.6 Å². The Hall–Kier alpha value is -3.54. The number of carbonyl (C=O) groups is 2. The number of benzene rings is 2. The Kier molecular flexibility index (Phi) is 8.12. The summed E-state index contributed by atoms with van der Waals surface area (Å²) in [5, 5.41) is 8.78. The molecule has 2 aromatic carbocycles. The minimum absolute atomic E-state index is 0.158. The first kappa shape index (κ1) is 23.2. The molecule has 1 aromatic heterocycles. The van der Waals surface area contributed by atoms with Gasteiger partial charge in [-0.2, -0.15) is 0 Å². The van der Waals surface area contributed by atoms with Crippen LogP contribution in [0.15, 0.2) is 71.5 Å². The predicted octanol–water partition coefficient (Wildman–Crippen LogP) is 6.56. The summed E-state index contributed by atoms with van der Waals surface area (Å²) in [6, 6.07) is 16.0. The van der Waals surface area contributed by atoms with Crippen LogP contribution in [0.4, 0.5) is 0 Å². The summed E-state index contributed by atoms with van der Waals surface area (Å²) in [6.45, 7) is 0.771. The molecule has 0 aliphatic heterocycles. The van der Waals surface area contributed by atoms with Gasteiger partial charge in [0.25, 0.3) is 5.91 Å². The molecule has 1 aliphatic rings. The molecule has 0 radical (unpaired) electrons. The molecule has 3 aromatic rings. The fraction of sp³-hybridized carbons (Fsp3) is 0.379. The second kappa shape index (κ2) is 12.2. The van der Waals surface area contributed by atoms with Gasteiger partial charge in [-0.25, -0.2) is 0 Å². The van der Waals surface area contributed by atoms with Crippen LogP contribution in [-0.2, 0) is 11.3 Å². The van der Waals surface area contributed by atoms with Crippen LogP contribution >= 0.6 is 0 Å². The second-order valence-electron chi connectivity index (χ2n) is 8.91. The summed E-state index contributed by atoms with van der Waals surface area (Å²) in [7, 11) is 0. The van der Waals surface area contributed by atoms with Crippen LogP contribution in [0.5, 0.6) is 5.75 Å². The number of carbonyl (C=O) groups excluding carboxylic acids is 1. The molecule has 6 nitrogen and oxygen atoms in total. The number of furan rings is 1. The van der Waals surface area contributed by atoms with Crippen molar-refractivity contribution in [1.29, 1.82) is 0 Å². The molecule has 1 heterocycles. The first-order valence-corrected chi connectivity index (χ1v) is 12.3. The van der Waals surface area contributed by atoms with Crippen molar-refractivity contribution >= 4 is 11.9 Å². The molecule has 0 atom stereocenters. The van der Waals surface area contributed by atoms with Gasteiger partial charge in [-0.05, 0) is 61.9 Å². The molecular formula is C29H33NO5. The number of hydrogen-bond acceptors (Lipinski definition) is 4. The van der Waals surface area contributed by atoms with Crippen LogP contribution in [0, 0.1) is 0 Å². The van der Waals surface area contributed by atoms with Gasteiger partial charge in [-0.15, -0.1) is 0 Å². The van der Waals surface area contributed by atoms with Crippen molar-refractivity contribution in [3.63, 3.8) is 0 Å². The van der Waals surface area contributed by atoms with Crippen molar-refractivity contribution in [1.82, 2.24) is 4.90 Å². The molecule has 0 spiro atoms. The maximum atomic E-state index is 13.7. The molecule has 1 saturated carbocycles. The minimum Gasteiger partial charge on any atom is -0.493 e. The lowest BCUT2D eigenvalue weighted by Crippen LogP contribution is -2.38. The highest BCUT2D eigenvalue weighted by Gasteiger charge is 2.28. The van der Waals surface area contributed by atoms with Crippen LogP contribution in [0.1, 0.15) is 68.7 Å². The lowest BCUT2D eigenvalue weighted by molar-refractivity contribution is -0.137. The number of aliphatic carboxylic acids is 1. The normalized spacial score (nSPS) is 14.9. The number of nitrogens with zero attached hydrogens (tertiary/aromatic N) is 1. The SMILES string of the molecule is [2H]C1(N(Cc2ccccc2OCCCCCC(=O)O)C(=O)c2ccc(-c3ccoc3)cc2)CCCC1. The minimum atomic E-state index is -0.954. The number of carboxylic acid groups (broad SMARTS) is 1. The predicted molar refractivity (Wildman–Crippen MR) is 134 cm³/mol. The van der Waals surface area contributed by atoms with Gasteiger partial charge in [0, 0.05) is 35.7 Å². The van der Waals surface area contributed by atoms with Crippen molar-refractivity contribution in [2.75, 3.05) is 6.61 Å². The lowest BCUT2D eigenvalue weighted by atomic mass is 10.0. The Balaban J connectivity index is 1.49. The highest BCUT2D eigenvalue weighted by molar-refractivity contribution is 5.95. The summed E-state index contributed by atoms with van der Waals surface area (Å²) in [5.41, 5.74) is 3.34. The Morgan fingerprint density at radius 1 is 1.00 bits per heavy atom. The zero-order chi connectivity index (χ0) is 25.4. The standard InChI is InChI=1S/C29H33NO5/c31-28(32)12-2-1-7-18-35-27-11-6-3-8-24(27)20-30(26-9-4-5-10-26)29(33)23-15-13-22(14-16-23)25-17-19-34-21-25/h3,6,8,11,13-17,19,21,26H,1-2,4-5,7,9-10,12,18,20H2,(H,31,32)/i26D.